The zero-order chi connectivity index (χ0) is 27.0. The van der Waals surface area contributed by atoms with E-state index in [0.717, 1.165) is 54.6 Å². The molecular weight excluding hydrogens is 519 g/mol. The van der Waals surface area contributed by atoms with Crippen molar-refractivity contribution >= 4 is 50.7 Å². The number of ether oxygens (including phenoxy) is 1. The highest BCUT2D eigenvalue weighted by Crippen LogP contribution is 2.40. The van der Waals surface area contributed by atoms with E-state index in [1.807, 2.05) is 29.3 Å². The average molecular weight is 553 g/mol. The zero-order valence-corrected chi connectivity index (χ0v) is 24.0. The Hall–Kier alpha value is -2.70. The first kappa shape index (κ1) is 26.9. The summed E-state index contributed by atoms with van der Waals surface area (Å²) in [7, 11) is 1.66. The Kier molecular flexibility index (Phi) is 7.65. The molecular formula is C31H34ClFN2O2S. The summed E-state index contributed by atoms with van der Waals surface area (Å²) < 4.78 is 21.0. The fraction of sp³-hybridized carbons (Fsp3) is 0.419. The molecule has 4 nitrogen and oxygen atoms in total. The van der Waals surface area contributed by atoms with Gasteiger partial charge in [-0.2, -0.15) is 0 Å². The number of hydrogen-bond donors (Lipinski definition) is 0. The highest BCUT2D eigenvalue weighted by molar-refractivity contribution is 7.21. The van der Waals surface area contributed by atoms with Gasteiger partial charge in [-0.3, -0.25) is 9.79 Å². The summed E-state index contributed by atoms with van der Waals surface area (Å²) in [5, 5.41) is 0.528. The lowest BCUT2D eigenvalue weighted by Crippen LogP contribution is -2.41. The van der Waals surface area contributed by atoms with E-state index in [1.165, 1.54) is 17.4 Å². The quantitative estimate of drug-likeness (QED) is 0.307. The molecule has 2 aliphatic rings. The minimum Gasteiger partial charge on any atom is -0.496 e. The molecule has 1 amide bonds. The second-order valence-electron chi connectivity index (χ2n) is 11.2. The van der Waals surface area contributed by atoms with Crippen molar-refractivity contribution in [1.29, 1.82) is 0 Å². The lowest BCUT2D eigenvalue weighted by atomic mass is 9.86. The molecule has 1 aliphatic carbocycles. The number of thiophene rings is 1. The largest absolute Gasteiger partial charge is 0.496 e. The van der Waals surface area contributed by atoms with Gasteiger partial charge in [0, 0.05) is 34.5 Å². The van der Waals surface area contributed by atoms with Crippen LogP contribution in [0.2, 0.25) is 5.02 Å². The van der Waals surface area contributed by atoms with E-state index in [4.69, 9.17) is 21.3 Å². The number of hydrogen-bond acceptors (Lipinski definition) is 4. The number of methoxy groups -OCH3 is 1. The van der Waals surface area contributed by atoms with E-state index in [1.54, 1.807) is 13.2 Å². The molecule has 0 spiro atoms. The van der Waals surface area contributed by atoms with Gasteiger partial charge in [0.05, 0.1) is 17.7 Å². The first-order valence-electron chi connectivity index (χ1n) is 13.3. The summed E-state index contributed by atoms with van der Waals surface area (Å²) in [5.74, 6) is 0.825. The Bertz CT molecular complexity index is 1420. The topological polar surface area (TPSA) is 41.9 Å². The summed E-state index contributed by atoms with van der Waals surface area (Å²) in [6, 6.07) is 11.0. The van der Waals surface area contributed by atoms with Crippen molar-refractivity contribution in [2.75, 3.05) is 7.11 Å². The Balaban J connectivity index is 1.52. The van der Waals surface area contributed by atoms with Crippen LogP contribution in [-0.4, -0.2) is 35.7 Å². The van der Waals surface area contributed by atoms with Crippen LogP contribution in [0.3, 0.4) is 0 Å². The summed E-state index contributed by atoms with van der Waals surface area (Å²) >= 11 is 7.92. The van der Waals surface area contributed by atoms with Gasteiger partial charge < -0.3 is 9.64 Å². The Morgan fingerprint density at radius 3 is 2.63 bits per heavy atom. The molecule has 2 aromatic carbocycles. The summed E-state index contributed by atoms with van der Waals surface area (Å²) in [6.45, 7) is 6.89. The van der Waals surface area contributed by atoms with Crippen LogP contribution in [0.15, 0.2) is 47.5 Å². The maximum atomic E-state index is 14.6. The van der Waals surface area contributed by atoms with Gasteiger partial charge in [-0.05, 0) is 87.3 Å². The van der Waals surface area contributed by atoms with E-state index in [9.17, 15) is 9.18 Å². The molecule has 0 unspecified atom stereocenters. The molecule has 1 aromatic heterocycles. The van der Waals surface area contributed by atoms with Crippen LogP contribution in [0.1, 0.15) is 73.7 Å². The van der Waals surface area contributed by atoms with Gasteiger partial charge in [-0.1, -0.05) is 36.7 Å². The number of aliphatic imine (C=N–C) groups is 1. The summed E-state index contributed by atoms with van der Waals surface area (Å²) in [6.07, 6.45) is 9.02. The number of allylic oxidation sites excluding steroid dienone is 1. The fourth-order valence-corrected chi connectivity index (χ4v) is 6.94. The number of benzene rings is 2. The highest BCUT2D eigenvalue weighted by Gasteiger charge is 2.32. The second-order valence-corrected chi connectivity index (χ2v) is 12.6. The van der Waals surface area contributed by atoms with Crippen molar-refractivity contribution in [3.8, 4) is 5.75 Å². The van der Waals surface area contributed by atoms with Crippen LogP contribution in [0.5, 0.6) is 5.75 Å². The molecule has 1 saturated carbocycles. The zero-order valence-electron chi connectivity index (χ0n) is 22.4. The third-order valence-electron chi connectivity index (χ3n) is 7.82. The molecule has 0 saturated heterocycles. The standard InChI is InChI=1S/C31H34ClFN2O2S/c1-19-8-11-23(12-9-19)35(30(36)29-28(32)27-24(33)6-5-7-26(27)38-29)18-22-16-20(10-13-25(22)37-4)21-14-15-31(2,3)34-17-21/h5-7,10,13-14,16-17,19,23H,8-9,11-12,15,18H2,1-4H3. The monoisotopic (exact) mass is 552 g/mol. The van der Waals surface area contributed by atoms with E-state index in [2.05, 4.69) is 32.9 Å². The lowest BCUT2D eigenvalue weighted by Gasteiger charge is -2.36. The number of halogens is 2. The van der Waals surface area contributed by atoms with Crippen molar-refractivity contribution < 1.29 is 13.9 Å². The third kappa shape index (κ3) is 5.39. The minimum absolute atomic E-state index is 0.0782. The molecule has 2 heterocycles. The van der Waals surface area contributed by atoms with Crippen LogP contribution < -0.4 is 4.74 Å². The normalized spacial score (nSPS) is 20.8. The van der Waals surface area contributed by atoms with Gasteiger partial charge in [0.25, 0.3) is 5.91 Å². The van der Waals surface area contributed by atoms with E-state index >= 15 is 0 Å². The molecule has 3 aromatic rings. The maximum absolute atomic E-state index is 14.6. The average Bonchev–Trinajstić information content (AvgIpc) is 3.25. The number of rotatable bonds is 6. The van der Waals surface area contributed by atoms with Crippen molar-refractivity contribution in [1.82, 2.24) is 4.90 Å². The van der Waals surface area contributed by atoms with Crippen molar-refractivity contribution in [2.45, 2.75) is 71.0 Å². The fourth-order valence-electron chi connectivity index (χ4n) is 5.43. The third-order valence-corrected chi connectivity index (χ3v) is 9.45. The van der Waals surface area contributed by atoms with Crippen molar-refractivity contribution in [2.24, 2.45) is 10.9 Å². The van der Waals surface area contributed by atoms with Gasteiger partial charge in [0.2, 0.25) is 0 Å². The van der Waals surface area contributed by atoms with Crippen LogP contribution in [0.25, 0.3) is 15.7 Å². The van der Waals surface area contributed by atoms with E-state index in [-0.39, 0.29) is 22.5 Å². The number of carbonyl (C=O) groups excluding carboxylic acids is 1. The molecule has 0 radical (unpaired) electrons. The molecule has 200 valence electrons. The van der Waals surface area contributed by atoms with Crippen LogP contribution in [-0.2, 0) is 6.54 Å². The minimum atomic E-state index is -0.402. The molecule has 1 fully saturated rings. The van der Waals surface area contributed by atoms with Gasteiger partial charge in [-0.15, -0.1) is 11.3 Å². The van der Waals surface area contributed by atoms with Gasteiger partial charge in [-0.25, -0.2) is 4.39 Å². The van der Waals surface area contributed by atoms with Crippen LogP contribution >= 0.6 is 22.9 Å². The molecule has 0 N–H and O–H groups in total. The number of nitrogens with zero attached hydrogens (tertiary/aromatic N) is 2. The van der Waals surface area contributed by atoms with Crippen molar-refractivity contribution in [3.05, 3.63) is 69.3 Å². The molecule has 0 atom stereocenters. The summed E-state index contributed by atoms with van der Waals surface area (Å²) in [5.41, 5.74) is 2.95. The predicted octanol–water partition coefficient (Wildman–Crippen LogP) is 8.56. The molecule has 1 aliphatic heterocycles. The maximum Gasteiger partial charge on any atom is 0.266 e. The van der Waals surface area contributed by atoms with E-state index < -0.39 is 5.82 Å². The number of carbonyl (C=O) groups is 1. The van der Waals surface area contributed by atoms with E-state index in [0.29, 0.717) is 27.4 Å². The number of fused-ring (bicyclic) bond motifs is 1. The first-order valence-corrected chi connectivity index (χ1v) is 14.5. The van der Waals surface area contributed by atoms with Crippen LogP contribution in [0, 0.1) is 11.7 Å². The SMILES string of the molecule is COc1ccc(C2=CCC(C)(C)N=C2)cc1CN(C(=O)c1sc2cccc(F)c2c1Cl)C1CCC(C)CC1. The lowest BCUT2D eigenvalue weighted by molar-refractivity contribution is 0.0597. The first-order chi connectivity index (χ1) is 18.2. The molecule has 5 rings (SSSR count). The Labute approximate surface area is 233 Å². The van der Waals surface area contributed by atoms with Gasteiger partial charge in [0.1, 0.15) is 16.4 Å². The molecule has 7 heteroatoms. The second kappa shape index (κ2) is 10.8. The molecule has 38 heavy (non-hydrogen) atoms. The van der Waals surface area contributed by atoms with Gasteiger partial charge in [0.15, 0.2) is 0 Å². The smallest absolute Gasteiger partial charge is 0.266 e. The Morgan fingerprint density at radius 1 is 1.21 bits per heavy atom. The molecule has 0 bridgehead atoms. The van der Waals surface area contributed by atoms with Crippen LogP contribution in [0.4, 0.5) is 4.39 Å². The number of dihydropyridines is 1. The van der Waals surface area contributed by atoms with Gasteiger partial charge >= 0.3 is 0 Å². The Morgan fingerprint density at radius 2 is 1.97 bits per heavy atom. The number of amides is 1. The van der Waals surface area contributed by atoms with Crippen molar-refractivity contribution in [3.63, 3.8) is 0 Å². The predicted molar refractivity (Wildman–Crippen MR) is 156 cm³/mol. The summed E-state index contributed by atoms with van der Waals surface area (Å²) in [4.78, 5) is 21.2. The highest BCUT2D eigenvalue weighted by atomic mass is 35.5.